The summed E-state index contributed by atoms with van der Waals surface area (Å²) in [6.45, 7) is 6.09. The molecular formula is C52H34N4O2. The lowest BCUT2D eigenvalue weighted by Crippen LogP contribution is -2.00. The number of nitrogens with zero attached hydrogens (tertiary/aromatic N) is 4. The zero-order valence-corrected chi connectivity index (χ0v) is 31.6. The minimum atomic E-state index is 0.596. The van der Waals surface area contributed by atoms with Crippen molar-refractivity contribution in [3.05, 3.63) is 188 Å². The number of allylic oxidation sites excluding steroid dienone is 2. The number of para-hydroxylation sites is 1. The van der Waals surface area contributed by atoms with Crippen LogP contribution in [0.3, 0.4) is 0 Å². The maximum atomic E-state index is 6.61. The molecule has 0 fully saturated rings. The fraction of sp³-hybridized carbons (Fsp3) is 0.0192. The van der Waals surface area contributed by atoms with E-state index in [1.807, 2.05) is 84.9 Å². The summed E-state index contributed by atoms with van der Waals surface area (Å²) < 4.78 is 15.4. The maximum Gasteiger partial charge on any atom is 0.164 e. The molecule has 0 radical (unpaired) electrons. The van der Waals surface area contributed by atoms with E-state index >= 15 is 0 Å². The predicted octanol–water partition coefficient (Wildman–Crippen LogP) is 13.8. The number of hydrogen-bond donors (Lipinski definition) is 0. The number of fused-ring (bicyclic) bond motifs is 7. The van der Waals surface area contributed by atoms with E-state index in [0.717, 1.165) is 88.6 Å². The van der Waals surface area contributed by atoms with Gasteiger partial charge in [0.25, 0.3) is 0 Å². The minimum absolute atomic E-state index is 0.596. The van der Waals surface area contributed by atoms with Gasteiger partial charge in [0.2, 0.25) is 0 Å². The molecule has 7 aromatic carbocycles. The molecule has 0 aliphatic carbocycles. The van der Waals surface area contributed by atoms with Gasteiger partial charge in [-0.3, -0.25) is 0 Å². The van der Waals surface area contributed by atoms with Crippen LogP contribution in [0.5, 0.6) is 0 Å². The molecular weight excluding hydrogens is 713 g/mol. The molecule has 274 valence electrons. The molecule has 11 aromatic rings. The molecule has 6 nitrogen and oxygen atoms in total. The van der Waals surface area contributed by atoms with Gasteiger partial charge >= 0.3 is 0 Å². The summed E-state index contributed by atoms with van der Waals surface area (Å²) in [6, 6.07) is 53.9. The first-order chi connectivity index (χ1) is 28.6. The molecule has 0 bridgehead atoms. The second kappa shape index (κ2) is 13.4. The van der Waals surface area contributed by atoms with Gasteiger partial charge < -0.3 is 13.4 Å². The summed E-state index contributed by atoms with van der Waals surface area (Å²) in [7, 11) is 0. The molecule has 0 spiro atoms. The number of aromatic nitrogens is 4. The van der Waals surface area contributed by atoms with Crippen LogP contribution in [0, 0.1) is 6.92 Å². The van der Waals surface area contributed by atoms with Crippen molar-refractivity contribution in [3.8, 4) is 51.0 Å². The highest BCUT2D eigenvalue weighted by Crippen LogP contribution is 2.43. The Balaban J connectivity index is 1.09. The molecule has 0 saturated heterocycles. The van der Waals surface area contributed by atoms with Crippen molar-refractivity contribution >= 4 is 60.9 Å². The third-order valence-corrected chi connectivity index (χ3v) is 11.0. The van der Waals surface area contributed by atoms with Crippen LogP contribution in [0.25, 0.3) is 112 Å². The first-order valence-corrected chi connectivity index (χ1v) is 19.3. The van der Waals surface area contributed by atoms with E-state index in [4.69, 9.17) is 23.8 Å². The van der Waals surface area contributed by atoms with Crippen molar-refractivity contribution in [1.29, 1.82) is 0 Å². The molecule has 0 aliphatic heterocycles. The Morgan fingerprint density at radius 1 is 0.500 bits per heavy atom. The highest BCUT2D eigenvalue weighted by molar-refractivity contribution is 6.17. The molecule has 0 amide bonds. The average Bonchev–Trinajstić information content (AvgIpc) is 3.94. The van der Waals surface area contributed by atoms with E-state index in [1.165, 1.54) is 10.9 Å². The van der Waals surface area contributed by atoms with E-state index < -0.39 is 0 Å². The number of hydrogen-bond acceptors (Lipinski definition) is 5. The van der Waals surface area contributed by atoms with Gasteiger partial charge in [-0.15, -0.1) is 0 Å². The Bertz CT molecular complexity index is 3370. The summed E-state index contributed by atoms with van der Waals surface area (Å²) in [5.74, 6) is 1.84. The van der Waals surface area contributed by atoms with E-state index in [2.05, 4.69) is 109 Å². The normalized spacial score (nSPS) is 11.9. The van der Waals surface area contributed by atoms with Gasteiger partial charge in [-0.05, 0) is 72.6 Å². The largest absolute Gasteiger partial charge is 0.456 e. The Morgan fingerprint density at radius 3 is 1.76 bits per heavy atom. The van der Waals surface area contributed by atoms with Crippen LogP contribution in [0.4, 0.5) is 0 Å². The van der Waals surface area contributed by atoms with Crippen LogP contribution >= 0.6 is 0 Å². The van der Waals surface area contributed by atoms with Crippen molar-refractivity contribution in [3.63, 3.8) is 0 Å². The maximum absolute atomic E-state index is 6.61. The van der Waals surface area contributed by atoms with Crippen LogP contribution in [0.15, 0.2) is 185 Å². The fourth-order valence-electron chi connectivity index (χ4n) is 8.37. The highest BCUT2D eigenvalue weighted by atomic mass is 16.3. The topological polar surface area (TPSA) is 69.9 Å². The van der Waals surface area contributed by atoms with Crippen LogP contribution in [0.2, 0.25) is 0 Å². The van der Waals surface area contributed by atoms with Gasteiger partial charge in [-0.2, -0.15) is 0 Å². The Morgan fingerprint density at radius 2 is 1.07 bits per heavy atom. The zero-order valence-electron chi connectivity index (χ0n) is 31.6. The molecule has 0 atom stereocenters. The average molecular weight is 747 g/mol. The second-order valence-corrected chi connectivity index (χ2v) is 14.4. The van der Waals surface area contributed by atoms with Gasteiger partial charge in [-0.1, -0.05) is 128 Å². The lowest BCUT2D eigenvalue weighted by atomic mass is 9.97. The van der Waals surface area contributed by atoms with E-state index in [-0.39, 0.29) is 0 Å². The first-order valence-electron chi connectivity index (χ1n) is 19.3. The Kier molecular flexibility index (Phi) is 7.76. The van der Waals surface area contributed by atoms with Crippen LogP contribution in [0.1, 0.15) is 11.3 Å². The lowest BCUT2D eigenvalue weighted by Gasteiger charge is -2.12. The Labute approximate surface area is 333 Å². The van der Waals surface area contributed by atoms with Gasteiger partial charge in [0.15, 0.2) is 17.5 Å². The molecule has 6 heteroatoms. The number of rotatable bonds is 7. The van der Waals surface area contributed by atoms with Gasteiger partial charge in [0.05, 0.1) is 16.6 Å². The summed E-state index contributed by atoms with van der Waals surface area (Å²) in [6.07, 6.45) is 5.96. The Hall–Kier alpha value is -7.83. The standard InChI is InChI=1S/C52H34N4O2/c1-3-4-19-37-32(2)56(42-22-12-11-20-39(37)42)43-23-14-25-47-49(43)48-38(21-13-24-46(48)58-47)35-26-28-44-40(30-35)41-31-36(27-29-45(41)57-44)52-54-50(33-15-7-5-8-16-33)53-51(55-52)34-17-9-6-10-18-34/h3-31H,1H2,2H3/b19-4-. The summed E-state index contributed by atoms with van der Waals surface area (Å²) >= 11 is 0. The quantitative estimate of drug-likeness (QED) is 0.152. The van der Waals surface area contributed by atoms with Crippen molar-refractivity contribution in [2.24, 2.45) is 0 Å². The fourth-order valence-corrected chi connectivity index (χ4v) is 8.37. The van der Waals surface area contributed by atoms with Crippen molar-refractivity contribution in [2.75, 3.05) is 0 Å². The third-order valence-electron chi connectivity index (χ3n) is 11.0. The molecule has 0 N–H and O–H groups in total. The molecule has 0 unspecified atom stereocenters. The van der Waals surface area contributed by atoms with E-state index in [0.29, 0.717) is 17.5 Å². The molecule has 4 heterocycles. The van der Waals surface area contributed by atoms with E-state index in [9.17, 15) is 0 Å². The van der Waals surface area contributed by atoms with Crippen LogP contribution in [-0.2, 0) is 0 Å². The number of furan rings is 2. The molecule has 58 heavy (non-hydrogen) atoms. The van der Waals surface area contributed by atoms with Crippen molar-refractivity contribution in [1.82, 2.24) is 19.5 Å². The third kappa shape index (κ3) is 5.38. The van der Waals surface area contributed by atoms with Gasteiger partial charge in [-0.25, -0.2) is 15.0 Å². The zero-order chi connectivity index (χ0) is 38.7. The molecule has 0 aliphatic rings. The molecule has 11 rings (SSSR count). The second-order valence-electron chi connectivity index (χ2n) is 14.4. The van der Waals surface area contributed by atoms with Crippen molar-refractivity contribution in [2.45, 2.75) is 6.92 Å². The van der Waals surface area contributed by atoms with Gasteiger partial charge in [0, 0.05) is 49.5 Å². The lowest BCUT2D eigenvalue weighted by molar-refractivity contribution is 0.668. The summed E-state index contributed by atoms with van der Waals surface area (Å²) in [4.78, 5) is 14.9. The monoisotopic (exact) mass is 746 g/mol. The van der Waals surface area contributed by atoms with Crippen LogP contribution in [-0.4, -0.2) is 19.5 Å². The molecule has 0 saturated carbocycles. The van der Waals surface area contributed by atoms with Gasteiger partial charge in [0.1, 0.15) is 22.3 Å². The summed E-state index contributed by atoms with van der Waals surface area (Å²) in [5.41, 5.74) is 12.7. The smallest absolute Gasteiger partial charge is 0.164 e. The first kappa shape index (κ1) is 33.5. The highest BCUT2D eigenvalue weighted by Gasteiger charge is 2.21. The van der Waals surface area contributed by atoms with Crippen LogP contribution < -0.4 is 0 Å². The van der Waals surface area contributed by atoms with E-state index in [1.54, 1.807) is 0 Å². The predicted molar refractivity (Wildman–Crippen MR) is 237 cm³/mol. The van der Waals surface area contributed by atoms with Crippen molar-refractivity contribution < 1.29 is 8.83 Å². The number of benzene rings is 7. The SMILES string of the molecule is C=C/C=C\c1c(C)n(-c2cccc3oc4cccc(-c5ccc6oc7ccc(-c8nc(-c9ccccc9)nc(-c9ccccc9)n8)cc7c6c5)c4c23)c2ccccc12. The minimum Gasteiger partial charge on any atom is -0.456 e. The summed E-state index contributed by atoms with van der Waals surface area (Å²) in [5, 5.41) is 5.30. The molecule has 4 aromatic heterocycles.